The molecule has 2 aromatic rings. The van der Waals surface area contributed by atoms with E-state index in [1.165, 1.54) is 0 Å². The van der Waals surface area contributed by atoms with Crippen molar-refractivity contribution in [2.24, 2.45) is 0 Å². The molecule has 2 N–H and O–H groups in total. The van der Waals surface area contributed by atoms with Crippen molar-refractivity contribution in [3.05, 3.63) is 34.6 Å². The minimum Gasteiger partial charge on any atom is -0.484 e. The zero-order valence-corrected chi connectivity index (χ0v) is 17.3. The van der Waals surface area contributed by atoms with Gasteiger partial charge in [0.2, 0.25) is 5.89 Å². The van der Waals surface area contributed by atoms with Gasteiger partial charge in [-0.25, -0.2) is 0 Å². The van der Waals surface area contributed by atoms with Crippen LogP contribution in [0.1, 0.15) is 31.2 Å². The quantitative estimate of drug-likeness (QED) is 0.583. The van der Waals surface area contributed by atoms with E-state index in [0.29, 0.717) is 25.1 Å². The van der Waals surface area contributed by atoms with Gasteiger partial charge in [0.05, 0.1) is 12.5 Å². The molecule has 12 heteroatoms. The first-order chi connectivity index (χ1) is 14.3. The van der Waals surface area contributed by atoms with Crippen LogP contribution in [-0.2, 0) is 4.79 Å². The molecule has 1 fully saturated rings. The summed E-state index contributed by atoms with van der Waals surface area (Å²) >= 11 is 3.33. The Balaban J connectivity index is 1.37. The highest BCUT2D eigenvalue weighted by Gasteiger charge is 2.29. The average molecular weight is 493 g/mol. The topological polar surface area (TPSA) is 98.5 Å². The van der Waals surface area contributed by atoms with E-state index >= 15 is 0 Å². The van der Waals surface area contributed by atoms with E-state index in [2.05, 4.69) is 36.8 Å². The van der Waals surface area contributed by atoms with Crippen LogP contribution in [0.5, 0.6) is 11.8 Å². The number of ether oxygens (including phenoxy) is 2. The molecular formula is C18H20BrF3N4O4. The van der Waals surface area contributed by atoms with E-state index < -0.39 is 19.2 Å². The maximum atomic E-state index is 12.1. The van der Waals surface area contributed by atoms with Gasteiger partial charge in [-0.1, -0.05) is 21.0 Å². The molecule has 164 valence electrons. The van der Waals surface area contributed by atoms with Crippen LogP contribution in [0.3, 0.4) is 0 Å². The van der Waals surface area contributed by atoms with Crippen LogP contribution in [0, 0.1) is 0 Å². The Morgan fingerprint density at radius 3 is 2.67 bits per heavy atom. The summed E-state index contributed by atoms with van der Waals surface area (Å²) in [5.74, 6) is 0.599. The molecule has 2 heterocycles. The lowest BCUT2D eigenvalue weighted by atomic mass is 10.0. The molecule has 2 atom stereocenters. The van der Waals surface area contributed by atoms with Gasteiger partial charge < -0.3 is 24.5 Å². The highest BCUT2D eigenvalue weighted by Crippen LogP contribution is 2.25. The van der Waals surface area contributed by atoms with E-state index in [1.54, 1.807) is 12.1 Å². The largest absolute Gasteiger partial charge is 0.484 e. The molecule has 0 radical (unpaired) electrons. The van der Waals surface area contributed by atoms with Gasteiger partial charge >= 0.3 is 12.3 Å². The number of carbonyl (C=O) groups excluding carboxylic acids is 1. The zero-order chi connectivity index (χ0) is 21.6. The second-order valence-electron chi connectivity index (χ2n) is 6.67. The number of halogens is 4. The molecular weight excluding hydrogens is 473 g/mol. The first-order valence-electron chi connectivity index (χ1n) is 9.22. The Kier molecular flexibility index (Phi) is 7.53. The monoisotopic (exact) mass is 492 g/mol. The molecule has 0 bridgehead atoms. The summed E-state index contributed by atoms with van der Waals surface area (Å²) in [5.41, 5.74) is 0. The molecule has 1 saturated heterocycles. The number of hydrogen-bond acceptors (Lipinski definition) is 7. The van der Waals surface area contributed by atoms with Crippen molar-refractivity contribution in [1.29, 1.82) is 0 Å². The van der Waals surface area contributed by atoms with E-state index in [4.69, 9.17) is 13.9 Å². The molecule has 1 aromatic heterocycles. The van der Waals surface area contributed by atoms with Gasteiger partial charge in [-0.2, -0.15) is 13.2 Å². The van der Waals surface area contributed by atoms with E-state index in [1.807, 2.05) is 12.1 Å². The molecule has 0 unspecified atom stereocenters. The molecule has 1 aliphatic heterocycles. The lowest BCUT2D eigenvalue weighted by Gasteiger charge is -2.28. The van der Waals surface area contributed by atoms with E-state index in [-0.39, 0.29) is 36.6 Å². The van der Waals surface area contributed by atoms with Gasteiger partial charge in [0.1, 0.15) is 12.4 Å². The van der Waals surface area contributed by atoms with Gasteiger partial charge in [-0.15, -0.1) is 5.10 Å². The second kappa shape index (κ2) is 10.1. The lowest BCUT2D eigenvalue weighted by Crippen LogP contribution is -2.48. The van der Waals surface area contributed by atoms with Crippen LogP contribution < -0.4 is 20.1 Å². The summed E-state index contributed by atoms with van der Waals surface area (Å²) in [5, 5.41) is 13.5. The fourth-order valence-corrected chi connectivity index (χ4v) is 3.08. The smallest absolute Gasteiger partial charge is 0.414 e. The predicted molar refractivity (Wildman–Crippen MR) is 102 cm³/mol. The van der Waals surface area contributed by atoms with Gasteiger partial charge in [0.25, 0.3) is 5.91 Å². The number of alkyl halides is 3. The maximum absolute atomic E-state index is 12.1. The summed E-state index contributed by atoms with van der Waals surface area (Å²) in [4.78, 5) is 12.1. The maximum Gasteiger partial charge on any atom is 0.414 e. The van der Waals surface area contributed by atoms with Gasteiger partial charge in [0, 0.05) is 17.1 Å². The van der Waals surface area contributed by atoms with Crippen LogP contribution in [-0.4, -0.2) is 48.1 Å². The average Bonchev–Trinajstić information content (AvgIpc) is 3.16. The minimum absolute atomic E-state index is 0.0901. The summed E-state index contributed by atoms with van der Waals surface area (Å²) in [6, 6.07) is 6.81. The van der Waals surface area contributed by atoms with Gasteiger partial charge in [-0.05, 0) is 37.1 Å². The van der Waals surface area contributed by atoms with Crippen molar-refractivity contribution in [2.45, 2.75) is 37.5 Å². The first kappa shape index (κ1) is 22.3. The van der Waals surface area contributed by atoms with Crippen molar-refractivity contribution in [2.75, 3.05) is 19.8 Å². The Hall–Kier alpha value is -2.34. The molecule has 1 aliphatic rings. The Labute approximate surface area is 178 Å². The van der Waals surface area contributed by atoms with Crippen molar-refractivity contribution in [1.82, 2.24) is 20.8 Å². The van der Waals surface area contributed by atoms with Crippen LogP contribution >= 0.6 is 15.9 Å². The van der Waals surface area contributed by atoms with Crippen LogP contribution in [0.15, 0.2) is 33.2 Å². The number of amides is 1. The number of aromatic nitrogens is 2. The van der Waals surface area contributed by atoms with Crippen LogP contribution in [0.25, 0.3) is 0 Å². The highest BCUT2D eigenvalue weighted by atomic mass is 79.9. The first-order valence-corrected chi connectivity index (χ1v) is 10.0. The molecule has 8 nitrogen and oxygen atoms in total. The highest BCUT2D eigenvalue weighted by molar-refractivity contribution is 9.10. The van der Waals surface area contributed by atoms with E-state index in [0.717, 1.165) is 4.47 Å². The SMILES string of the molecule is O=C(COc1ccc(Br)cc1)N[C@H]1CC[C@H](c2nnc(OCCC(F)(F)F)o2)NC1. The zero-order valence-electron chi connectivity index (χ0n) is 15.7. The molecule has 0 saturated carbocycles. The third kappa shape index (κ3) is 7.17. The number of rotatable bonds is 8. The minimum atomic E-state index is -4.31. The fourth-order valence-electron chi connectivity index (χ4n) is 2.81. The predicted octanol–water partition coefficient (Wildman–Crippen LogP) is 3.15. The summed E-state index contributed by atoms with van der Waals surface area (Å²) in [6.45, 7) is -0.204. The summed E-state index contributed by atoms with van der Waals surface area (Å²) < 4.78 is 52.9. The Bertz CT molecular complexity index is 824. The number of hydrogen-bond donors (Lipinski definition) is 2. The number of nitrogens with zero attached hydrogens (tertiary/aromatic N) is 2. The van der Waals surface area contributed by atoms with Crippen molar-refractivity contribution < 1.29 is 31.9 Å². The molecule has 1 amide bonds. The lowest BCUT2D eigenvalue weighted by molar-refractivity contribution is -0.140. The Morgan fingerprint density at radius 2 is 2.00 bits per heavy atom. The molecule has 30 heavy (non-hydrogen) atoms. The standard InChI is InChI=1S/C18H20BrF3N4O4/c19-11-1-4-13(5-2-11)29-10-15(27)24-12-3-6-14(23-9-12)16-25-26-17(30-16)28-8-7-18(20,21)22/h1-2,4-5,12,14,23H,3,6-10H2,(H,24,27)/t12-,14+/m0/s1. The van der Waals surface area contributed by atoms with Crippen molar-refractivity contribution in [3.8, 4) is 11.8 Å². The van der Waals surface area contributed by atoms with Gasteiger partial charge in [0.15, 0.2) is 6.61 Å². The normalized spacial score (nSPS) is 19.3. The van der Waals surface area contributed by atoms with Crippen molar-refractivity contribution >= 4 is 21.8 Å². The Morgan fingerprint density at radius 1 is 1.23 bits per heavy atom. The molecule has 1 aromatic carbocycles. The number of nitrogens with one attached hydrogen (secondary N) is 2. The number of piperidine rings is 1. The second-order valence-corrected chi connectivity index (χ2v) is 7.58. The number of benzene rings is 1. The third-order valence-electron chi connectivity index (χ3n) is 4.29. The summed E-state index contributed by atoms with van der Waals surface area (Å²) in [6.07, 6.45) is -4.44. The third-order valence-corrected chi connectivity index (χ3v) is 4.82. The number of carbonyl (C=O) groups is 1. The molecule has 3 rings (SSSR count). The summed E-state index contributed by atoms with van der Waals surface area (Å²) in [7, 11) is 0. The van der Waals surface area contributed by atoms with Crippen molar-refractivity contribution in [3.63, 3.8) is 0 Å². The molecule has 0 spiro atoms. The van der Waals surface area contributed by atoms with E-state index in [9.17, 15) is 18.0 Å². The fraction of sp³-hybridized carbons (Fsp3) is 0.500. The van der Waals surface area contributed by atoms with Crippen LogP contribution in [0.2, 0.25) is 0 Å². The molecule has 0 aliphatic carbocycles. The van der Waals surface area contributed by atoms with Crippen LogP contribution in [0.4, 0.5) is 13.2 Å². The van der Waals surface area contributed by atoms with Gasteiger partial charge in [-0.3, -0.25) is 4.79 Å².